The number of pyridine rings is 1. The third-order valence-electron chi connectivity index (χ3n) is 1.96. The Labute approximate surface area is 92.9 Å². The van der Waals surface area contributed by atoms with Gasteiger partial charge in [-0.3, -0.25) is 4.68 Å². The van der Waals surface area contributed by atoms with Gasteiger partial charge in [0.1, 0.15) is 5.82 Å². The van der Waals surface area contributed by atoms with Crippen molar-refractivity contribution in [1.29, 1.82) is 0 Å². The van der Waals surface area contributed by atoms with Crippen LogP contribution in [-0.2, 0) is 13.6 Å². The third-order valence-corrected chi connectivity index (χ3v) is 2.27. The Morgan fingerprint density at radius 2 is 2.33 bits per heavy atom. The van der Waals surface area contributed by atoms with Gasteiger partial charge in [0.25, 0.3) is 0 Å². The first-order valence-electron chi connectivity index (χ1n) is 4.58. The lowest BCUT2D eigenvalue weighted by atomic mass is 10.4. The van der Waals surface area contributed by atoms with Crippen molar-refractivity contribution in [2.45, 2.75) is 6.54 Å². The van der Waals surface area contributed by atoms with Crippen molar-refractivity contribution < 1.29 is 0 Å². The van der Waals surface area contributed by atoms with E-state index in [0.717, 1.165) is 5.69 Å². The molecule has 0 amide bonds. The molecule has 0 aliphatic carbocycles. The molecule has 5 heteroatoms. The molecule has 0 aromatic carbocycles. The summed E-state index contributed by atoms with van der Waals surface area (Å²) < 4.78 is 1.76. The molecule has 2 aromatic rings. The number of aromatic nitrogens is 3. The summed E-state index contributed by atoms with van der Waals surface area (Å²) in [6.07, 6.45) is 3.60. The monoisotopic (exact) mass is 222 g/mol. The predicted octanol–water partition coefficient (Wildman–Crippen LogP) is 2.08. The van der Waals surface area contributed by atoms with Gasteiger partial charge < -0.3 is 5.32 Å². The predicted molar refractivity (Wildman–Crippen MR) is 59.8 cm³/mol. The lowest BCUT2D eigenvalue weighted by Crippen LogP contribution is -2.03. The highest BCUT2D eigenvalue weighted by atomic mass is 35.5. The van der Waals surface area contributed by atoms with Crippen LogP contribution in [0.1, 0.15) is 5.69 Å². The van der Waals surface area contributed by atoms with Crippen LogP contribution < -0.4 is 5.32 Å². The lowest BCUT2D eigenvalue weighted by Gasteiger charge is -2.04. The fourth-order valence-corrected chi connectivity index (χ4v) is 1.44. The minimum absolute atomic E-state index is 0.619. The molecular formula is C10H11ClN4. The van der Waals surface area contributed by atoms with Crippen molar-refractivity contribution in [3.63, 3.8) is 0 Å². The molecule has 0 saturated carbocycles. The fourth-order valence-electron chi connectivity index (χ4n) is 1.25. The van der Waals surface area contributed by atoms with Gasteiger partial charge in [0.2, 0.25) is 0 Å². The smallest absolute Gasteiger partial charge is 0.145 e. The Hall–Kier alpha value is -1.55. The van der Waals surface area contributed by atoms with Crippen LogP contribution in [0.4, 0.5) is 5.82 Å². The largest absolute Gasteiger partial charge is 0.363 e. The second-order valence-corrected chi connectivity index (χ2v) is 3.58. The SMILES string of the molecule is Cn1ccc(CNc2ncccc2Cl)n1. The maximum Gasteiger partial charge on any atom is 0.145 e. The summed E-state index contributed by atoms with van der Waals surface area (Å²) in [5.74, 6) is 0.685. The standard InChI is InChI=1S/C10H11ClN4/c1-15-6-4-8(14-15)7-13-10-9(11)3-2-5-12-10/h2-6H,7H2,1H3,(H,12,13). The van der Waals surface area contributed by atoms with Crippen molar-refractivity contribution in [2.75, 3.05) is 5.32 Å². The number of hydrogen-bond acceptors (Lipinski definition) is 3. The van der Waals surface area contributed by atoms with Crippen LogP contribution in [0.5, 0.6) is 0 Å². The first-order valence-corrected chi connectivity index (χ1v) is 4.96. The topological polar surface area (TPSA) is 42.7 Å². The van der Waals surface area contributed by atoms with E-state index in [1.165, 1.54) is 0 Å². The van der Waals surface area contributed by atoms with Gasteiger partial charge in [-0.15, -0.1) is 0 Å². The highest BCUT2D eigenvalue weighted by Gasteiger charge is 2.01. The second-order valence-electron chi connectivity index (χ2n) is 3.17. The van der Waals surface area contributed by atoms with E-state index in [0.29, 0.717) is 17.4 Å². The van der Waals surface area contributed by atoms with Gasteiger partial charge in [0, 0.05) is 19.4 Å². The Bertz CT molecular complexity index is 452. The van der Waals surface area contributed by atoms with Gasteiger partial charge in [-0.05, 0) is 18.2 Å². The zero-order chi connectivity index (χ0) is 10.7. The number of rotatable bonds is 3. The van der Waals surface area contributed by atoms with Crippen LogP contribution in [0.2, 0.25) is 5.02 Å². The average Bonchev–Trinajstić information content (AvgIpc) is 2.63. The Morgan fingerprint density at radius 3 is 3.00 bits per heavy atom. The molecule has 2 heterocycles. The van der Waals surface area contributed by atoms with E-state index in [4.69, 9.17) is 11.6 Å². The van der Waals surface area contributed by atoms with Crippen LogP contribution >= 0.6 is 11.6 Å². The molecule has 0 atom stereocenters. The van der Waals surface area contributed by atoms with Gasteiger partial charge in [0.15, 0.2) is 0 Å². The maximum absolute atomic E-state index is 5.95. The van der Waals surface area contributed by atoms with Crippen LogP contribution in [0.15, 0.2) is 30.6 Å². The molecule has 1 N–H and O–H groups in total. The fraction of sp³-hybridized carbons (Fsp3) is 0.200. The molecule has 0 unspecified atom stereocenters. The molecule has 15 heavy (non-hydrogen) atoms. The first-order chi connectivity index (χ1) is 7.25. The van der Waals surface area contributed by atoms with Gasteiger partial charge in [-0.25, -0.2) is 4.98 Å². The zero-order valence-corrected chi connectivity index (χ0v) is 9.07. The lowest BCUT2D eigenvalue weighted by molar-refractivity contribution is 0.747. The van der Waals surface area contributed by atoms with E-state index in [1.807, 2.05) is 19.3 Å². The molecule has 0 aliphatic heterocycles. The molecule has 2 rings (SSSR count). The van der Waals surface area contributed by atoms with Gasteiger partial charge in [0.05, 0.1) is 17.3 Å². The summed E-state index contributed by atoms with van der Waals surface area (Å²) >= 11 is 5.95. The van der Waals surface area contributed by atoms with Gasteiger partial charge >= 0.3 is 0 Å². The van der Waals surface area contributed by atoms with E-state index in [2.05, 4.69) is 15.4 Å². The Balaban J connectivity index is 2.02. The van der Waals surface area contributed by atoms with Crippen molar-refractivity contribution in [2.24, 2.45) is 7.05 Å². The van der Waals surface area contributed by atoms with E-state index in [1.54, 1.807) is 23.0 Å². The highest BCUT2D eigenvalue weighted by Crippen LogP contribution is 2.17. The van der Waals surface area contributed by atoms with Crippen LogP contribution in [-0.4, -0.2) is 14.8 Å². The minimum atomic E-state index is 0.619. The summed E-state index contributed by atoms with van der Waals surface area (Å²) in [6, 6.07) is 5.55. The van der Waals surface area contributed by atoms with Crippen molar-refractivity contribution >= 4 is 17.4 Å². The number of halogens is 1. The van der Waals surface area contributed by atoms with Crippen molar-refractivity contribution in [1.82, 2.24) is 14.8 Å². The Morgan fingerprint density at radius 1 is 1.47 bits per heavy atom. The minimum Gasteiger partial charge on any atom is -0.363 e. The number of nitrogens with one attached hydrogen (secondary N) is 1. The van der Waals surface area contributed by atoms with Crippen molar-refractivity contribution in [3.8, 4) is 0 Å². The number of hydrogen-bond donors (Lipinski definition) is 1. The normalized spacial score (nSPS) is 10.3. The molecule has 0 fully saturated rings. The molecular weight excluding hydrogens is 212 g/mol. The van der Waals surface area contributed by atoms with Gasteiger partial charge in [-0.1, -0.05) is 11.6 Å². The molecule has 78 valence electrons. The summed E-state index contributed by atoms with van der Waals surface area (Å²) in [5, 5.41) is 7.98. The summed E-state index contributed by atoms with van der Waals surface area (Å²) in [5.41, 5.74) is 0.958. The summed E-state index contributed by atoms with van der Waals surface area (Å²) in [4.78, 5) is 4.12. The summed E-state index contributed by atoms with van der Waals surface area (Å²) in [7, 11) is 1.89. The van der Waals surface area contributed by atoms with E-state index >= 15 is 0 Å². The molecule has 0 bridgehead atoms. The first kappa shape index (κ1) is 9.98. The number of nitrogens with zero attached hydrogens (tertiary/aromatic N) is 3. The average molecular weight is 223 g/mol. The van der Waals surface area contributed by atoms with Crippen LogP contribution in [0, 0.1) is 0 Å². The van der Waals surface area contributed by atoms with E-state index in [-0.39, 0.29) is 0 Å². The van der Waals surface area contributed by atoms with Crippen molar-refractivity contribution in [3.05, 3.63) is 41.3 Å². The molecule has 0 spiro atoms. The van der Waals surface area contributed by atoms with E-state index in [9.17, 15) is 0 Å². The quantitative estimate of drug-likeness (QED) is 0.865. The van der Waals surface area contributed by atoms with E-state index < -0.39 is 0 Å². The molecule has 2 aromatic heterocycles. The number of anilines is 1. The molecule has 0 radical (unpaired) electrons. The maximum atomic E-state index is 5.95. The zero-order valence-electron chi connectivity index (χ0n) is 8.31. The Kier molecular flexibility index (Phi) is 2.87. The van der Waals surface area contributed by atoms with Gasteiger partial charge in [-0.2, -0.15) is 5.10 Å². The second kappa shape index (κ2) is 4.31. The van der Waals surface area contributed by atoms with Crippen LogP contribution in [0.3, 0.4) is 0 Å². The highest BCUT2D eigenvalue weighted by molar-refractivity contribution is 6.32. The molecule has 0 aliphatic rings. The third kappa shape index (κ3) is 2.47. The van der Waals surface area contributed by atoms with Crippen LogP contribution in [0.25, 0.3) is 0 Å². The molecule has 0 saturated heterocycles. The number of aryl methyl sites for hydroxylation is 1. The molecule has 4 nitrogen and oxygen atoms in total. The summed E-state index contributed by atoms with van der Waals surface area (Å²) in [6.45, 7) is 0.623.